The topological polar surface area (TPSA) is 63.7 Å². The van der Waals surface area contributed by atoms with Crippen molar-refractivity contribution in [3.63, 3.8) is 0 Å². The molecule has 0 spiro atoms. The van der Waals surface area contributed by atoms with Crippen LogP contribution in [0.4, 0.5) is 0 Å². The van der Waals surface area contributed by atoms with Crippen molar-refractivity contribution in [1.82, 2.24) is 4.31 Å². The lowest BCUT2D eigenvalue weighted by Gasteiger charge is -2.19. The Hall–Kier alpha value is -1.60. The maximum Gasteiger partial charge on any atom is 0.345 e. The Morgan fingerprint density at radius 2 is 1.65 bits per heavy atom. The minimum absolute atomic E-state index is 0.0205. The van der Waals surface area contributed by atoms with Crippen LogP contribution in [0, 0.1) is 6.92 Å². The van der Waals surface area contributed by atoms with Crippen LogP contribution in [0.5, 0.6) is 5.75 Å². The molecule has 0 aliphatic carbocycles. The van der Waals surface area contributed by atoms with Gasteiger partial charge in [-0.2, -0.15) is 4.31 Å². The third-order valence-corrected chi connectivity index (χ3v) is 6.48. The number of esters is 1. The molecular formula is C18H19Cl2NO4S. The molecule has 0 saturated carbocycles. The molecule has 5 nitrogen and oxygen atoms in total. The molecule has 0 aliphatic rings. The number of nitrogens with zero attached hydrogens (tertiary/aromatic N) is 1. The van der Waals surface area contributed by atoms with Gasteiger partial charge < -0.3 is 4.74 Å². The van der Waals surface area contributed by atoms with Crippen LogP contribution in [0.15, 0.2) is 41.3 Å². The SMILES string of the molecule is CCN(CC)S(=O)(=O)c1ccc(Cl)c(C(=O)Oc2cc(C)ccc2Cl)c1. The molecule has 26 heavy (non-hydrogen) atoms. The number of ether oxygens (including phenoxy) is 1. The standard InChI is InChI=1S/C18H19Cl2NO4S/c1-4-21(5-2)26(23,24)13-7-9-15(19)14(11-13)18(22)25-17-10-12(3)6-8-16(17)20/h6-11H,4-5H2,1-3H3. The quantitative estimate of drug-likeness (QED) is 0.512. The van der Waals surface area contributed by atoms with Crippen molar-refractivity contribution in [1.29, 1.82) is 0 Å². The van der Waals surface area contributed by atoms with E-state index in [0.717, 1.165) is 5.56 Å². The van der Waals surface area contributed by atoms with Crippen LogP contribution in [0.1, 0.15) is 29.8 Å². The number of benzene rings is 2. The fraction of sp³-hybridized carbons (Fsp3) is 0.278. The molecule has 2 rings (SSSR count). The van der Waals surface area contributed by atoms with Crippen molar-refractivity contribution >= 4 is 39.2 Å². The predicted molar refractivity (Wildman–Crippen MR) is 103 cm³/mol. The Kier molecular flexibility index (Phi) is 6.69. The van der Waals surface area contributed by atoms with E-state index in [-0.39, 0.29) is 26.3 Å². The average molecular weight is 416 g/mol. The molecule has 0 N–H and O–H groups in total. The van der Waals surface area contributed by atoms with Gasteiger partial charge in [-0.3, -0.25) is 0 Å². The normalized spacial score (nSPS) is 11.6. The zero-order valence-electron chi connectivity index (χ0n) is 14.6. The van der Waals surface area contributed by atoms with E-state index in [2.05, 4.69) is 0 Å². The third kappa shape index (κ3) is 4.38. The Morgan fingerprint density at radius 1 is 1.04 bits per heavy atom. The second-order valence-corrected chi connectivity index (χ2v) is 8.31. The maximum absolute atomic E-state index is 12.6. The highest BCUT2D eigenvalue weighted by Gasteiger charge is 2.24. The van der Waals surface area contributed by atoms with Gasteiger partial charge in [0.05, 0.1) is 20.5 Å². The molecule has 0 amide bonds. The number of hydrogen-bond acceptors (Lipinski definition) is 4. The largest absolute Gasteiger partial charge is 0.421 e. The molecule has 0 radical (unpaired) electrons. The predicted octanol–water partition coefficient (Wildman–Crippen LogP) is 4.55. The van der Waals surface area contributed by atoms with Gasteiger partial charge in [-0.05, 0) is 42.8 Å². The average Bonchev–Trinajstić information content (AvgIpc) is 2.59. The Morgan fingerprint density at radius 3 is 2.27 bits per heavy atom. The third-order valence-electron chi connectivity index (χ3n) is 3.79. The van der Waals surface area contributed by atoms with Crippen LogP contribution in [-0.4, -0.2) is 31.8 Å². The van der Waals surface area contributed by atoms with Crippen LogP contribution in [0.2, 0.25) is 10.0 Å². The first kappa shape index (κ1) is 20.7. The highest BCUT2D eigenvalue weighted by molar-refractivity contribution is 7.89. The summed E-state index contributed by atoms with van der Waals surface area (Å²) < 4.78 is 31.9. The van der Waals surface area contributed by atoms with Gasteiger partial charge in [0, 0.05) is 13.1 Å². The second kappa shape index (κ2) is 8.39. The molecule has 0 fully saturated rings. The fourth-order valence-corrected chi connectivity index (χ4v) is 4.21. The first-order valence-corrected chi connectivity index (χ1v) is 10.2. The van der Waals surface area contributed by atoms with Gasteiger partial charge in [-0.25, -0.2) is 13.2 Å². The minimum Gasteiger partial charge on any atom is -0.421 e. The lowest BCUT2D eigenvalue weighted by Crippen LogP contribution is -2.30. The van der Waals surface area contributed by atoms with E-state index < -0.39 is 16.0 Å². The van der Waals surface area contributed by atoms with Crippen LogP contribution in [0.25, 0.3) is 0 Å². The van der Waals surface area contributed by atoms with Crippen molar-refractivity contribution in [3.05, 3.63) is 57.6 Å². The van der Waals surface area contributed by atoms with Gasteiger partial charge in [0.15, 0.2) is 0 Å². The van der Waals surface area contributed by atoms with Gasteiger partial charge in [0.2, 0.25) is 10.0 Å². The monoisotopic (exact) mass is 415 g/mol. The van der Waals surface area contributed by atoms with Crippen LogP contribution in [0.3, 0.4) is 0 Å². The van der Waals surface area contributed by atoms with Gasteiger partial charge in [-0.1, -0.05) is 43.1 Å². The van der Waals surface area contributed by atoms with E-state index in [1.54, 1.807) is 32.0 Å². The summed E-state index contributed by atoms with van der Waals surface area (Å²) in [5.41, 5.74) is 0.818. The summed E-state index contributed by atoms with van der Waals surface area (Å²) in [4.78, 5) is 12.5. The zero-order valence-corrected chi connectivity index (χ0v) is 17.0. The number of carbonyl (C=O) groups excluding carboxylic acids is 1. The Labute approximate surface area is 163 Å². The number of hydrogen-bond donors (Lipinski definition) is 0. The van der Waals surface area contributed by atoms with E-state index >= 15 is 0 Å². The van der Waals surface area contributed by atoms with E-state index in [4.69, 9.17) is 27.9 Å². The summed E-state index contributed by atoms with van der Waals surface area (Å²) in [7, 11) is -3.72. The van der Waals surface area contributed by atoms with E-state index in [1.165, 1.54) is 22.5 Å². The van der Waals surface area contributed by atoms with Crippen molar-refractivity contribution in [2.24, 2.45) is 0 Å². The zero-order chi connectivity index (χ0) is 19.5. The van der Waals surface area contributed by atoms with Crippen molar-refractivity contribution in [2.75, 3.05) is 13.1 Å². The summed E-state index contributed by atoms with van der Waals surface area (Å²) in [5.74, 6) is -0.594. The molecule has 0 unspecified atom stereocenters. The van der Waals surface area contributed by atoms with Gasteiger partial charge in [-0.15, -0.1) is 0 Å². The molecule has 0 heterocycles. The number of carbonyl (C=O) groups is 1. The first-order chi connectivity index (χ1) is 12.2. The van der Waals surface area contributed by atoms with E-state index in [9.17, 15) is 13.2 Å². The van der Waals surface area contributed by atoms with Gasteiger partial charge >= 0.3 is 5.97 Å². The van der Waals surface area contributed by atoms with Crippen molar-refractivity contribution in [3.8, 4) is 5.75 Å². The number of halogens is 2. The summed E-state index contributed by atoms with van der Waals surface area (Å²) in [6.45, 7) is 5.95. The lowest BCUT2D eigenvalue weighted by atomic mass is 10.2. The maximum atomic E-state index is 12.6. The summed E-state index contributed by atoms with van der Waals surface area (Å²) >= 11 is 12.1. The molecule has 0 aliphatic heterocycles. The highest BCUT2D eigenvalue weighted by atomic mass is 35.5. The molecule has 140 valence electrons. The molecule has 8 heteroatoms. The summed E-state index contributed by atoms with van der Waals surface area (Å²) in [6.07, 6.45) is 0. The molecular weight excluding hydrogens is 397 g/mol. The second-order valence-electron chi connectivity index (χ2n) is 5.55. The number of aryl methyl sites for hydroxylation is 1. The number of rotatable bonds is 6. The summed E-state index contributed by atoms with van der Waals surface area (Å²) in [6, 6.07) is 8.97. The van der Waals surface area contributed by atoms with Crippen LogP contribution in [-0.2, 0) is 10.0 Å². The van der Waals surface area contributed by atoms with Crippen LogP contribution >= 0.6 is 23.2 Å². The highest BCUT2D eigenvalue weighted by Crippen LogP contribution is 2.28. The minimum atomic E-state index is -3.72. The van der Waals surface area contributed by atoms with Gasteiger partial charge in [0.1, 0.15) is 5.75 Å². The molecule has 0 atom stereocenters. The fourth-order valence-electron chi connectivity index (χ4n) is 2.38. The smallest absolute Gasteiger partial charge is 0.345 e. The molecule has 0 saturated heterocycles. The molecule has 0 bridgehead atoms. The summed E-state index contributed by atoms with van der Waals surface area (Å²) in [5, 5.41) is 0.365. The molecule has 2 aromatic rings. The Bertz CT molecular complexity index is 925. The Balaban J connectivity index is 2.41. The van der Waals surface area contributed by atoms with E-state index in [0.29, 0.717) is 13.1 Å². The van der Waals surface area contributed by atoms with Crippen molar-refractivity contribution in [2.45, 2.75) is 25.7 Å². The van der Waals surface area contributed by atoms with Crippen LogP contribution < -0.4 is 4.74 Å². The first-order valence-electron chi connectivity index (χ1n) is 7.98. The molecule has 2 aromatic carbocycles. The molecule has 0 aromatic heterocycles. The van der Waals surface area contributed by atoms with E-state index in [1.807, 2.05) is 6.92 Å². The van der Waals surface area contributed by atoms with Crippen molar-refractivity contribution < 1.29 is 17.9 Å². The number of sulfonamides is 1. The van der Waals surface area contributed by atoms with Gasteiger partial charge in [0.25, 0.3) is 0 Å². The lowest BCUT2D eigenvalue weighted by molar-refractivity contribution is 0.0734.